The van der Waals surface area contributed by atoms with Crippen LogP contribution in [0.3, 0.4) is 0 Å². The molecule has 1 aliphatic rings. The van der Waals surface area contributed by atoms with Crippen LogP contribution in [0.2, 0.25) is 0 Å². The average Bonchev–Trinajstić information content (AvgIpc) is 2.18. The standard InChI is InChI=1S/C12H13BrO/c1-8(14)10-6-5-9-3-2-4-12(13)11(9)7-10/h2-4,10H,5-7H2,1H3. The predicted molar refractivity (Wildman–Crippen MR) is 60.3 cm³/mol. The van der Waals surface area contributed by atoms with Crippen LogP contribution in [0.1, 0.15) is 24.5 Å². The van der Waals surface area contributed by atoms with Gasteiger partial charge in [0.1, 0.15) is 5.78 Å². The zero-order chi connectivity index (χ0) is 10.1. The molecule has 0 fully saturated rings. The van der Waals surface area contributed by atoms with Gasteiger partial charge in [0.2, 0.25) is 0 Å². The van der Waals surface area contributed by atoms with E-state index in [1.165, 1.54) is 11.1 Å². The SMILES string of the molecule is CC(=O)C1CCc2cccc(Br)c2C1. The Morgan fingerprint density at radius 2 is 2.29 bits per heavy atom. The van der Waals surface area contributed by atoms with Gasteiger partial charge in [-0.1, -0.05) is 28.1 Å². The molecular weight excluding hydrogens is 240 g/mol. The van der Waals surface area contributed by atoms with E-state index in [9.17, 15) is 4.79 Å². The Morgan fingerprint density at radius 3 is 3.00 bits per heavy atom. The first-order chi connectivity index (χ1) is 6.68. The molecule has 1 atom stereocenters. The largest absolute Gasteiger partial charge is 0.300 e. The summed E-state index contributed by atoms with van der Waals surface area (Å²) in [6, 6.07) is 6.29. The highest BCUT2D eigenvalue weighted by Crippen LogP contribution is 2.31. The van der Waals surface area contributed by atoms with E-state index in [4.69, 9.17) is 0 Å². The number of Topliss-reactive ketones (excluding diaryl/α,β-unsaturated/α-hetero) is 1. The molecule has 0 N–H and O–H groups in total. The molecule has 1 nitrogen and oxygen atoms in total. The van der Waals surface area contributed by atoms with Crippen molar-refractivity contribution in [2.75, 3.05) is 0 Å². The van der Waals surface area contributed by atoms with Crippen molar-refractivity contribution in [1.29, 1.82) is 0 Å². The summed E-state index contributed by atoms with van der Waals surface area (Å²) in [5.41, 5.74) is 2.73. The maximum atomic E-state index is 11.3. The second kappa shape index (κ2) is 3.85. The summed E-state index contributed by atoms with van der Waals surface area (Å²) in [5, 5.41) is 0. The number of benzene rings is 1. The lowest BCUT2D eigenvalue weighted by molar-refractivity contribution is -0.121. The van der Waals surface area contributed by atoms with Gasteiger partial charge in [0.15, 0.2) is 0 Å². The highest BCUT2D eigenvalue weighted by molar-refractivity contribution is 9.10. The summed E-state index contributed by atoms with van der Waals surface area (Å²) in [6.45, 7) is 1.70. The van der Waals surface area contributed by atoms with Crippen molar-refractivity contribution in [3.8, 4) is 0 Å². The number of rotatable bonds is 1. The minimum Gasteiger partial charge on any atom is -0.300 e. The Bertz CT molecular complexity index is 371. The van der Waals surface area contributed by atoms with Gasteiger partial charge in [0.05, 0.1) is 0 Å². The van der Waals surface area contributed by atoms with Crippen molar-refractivity contribution in [2.24, 2.45) is 5.92 Å². The van der Waals surface area contributed by atoms with Gasteiger partial charge in [-0.05, 0) is 43.4 Å². The number of carbonyl (C=O) groups excluding carboxylic acids is 1. The van der Waals surface area contributed by atoms with E-state index in [0.717, 1.165) is 23.7 Å². The Kier molecular flexibility index (Phi) is 2.73. The molecule has 74 valence electrons. The number of ketones is 1. The molecule has 2 rings (SSSR count). The van der Waals surface area contributed by atoms with Gasteiger partial charge in [-0.15, -0.1) is 0 Å². The molecule has 0 saturated heterocycles. The zero-order valence-electron chi connectivity index (χ0n) is 8.22. The normalized spacial score (nSPS) is 20.3. The Hall–Kier alpha value is -0.630. The van der Waals surface area contributed by atoms with Crippen LogP contribution in [0.25, 0.3) is 0 Å². The summed E-state index contributed by atoms with van der Waals surface area (Å²) in [5.74, 6) is 0.563. The molecule has 1 unspecified atom stereocenters. The predicted octanol–water partition coefficient (Wildman–Crippen LogP) is 3.14. The molecule has 2 heteroatoms. The van der Waals surface area contributed by atoms with Crippen molar-refractivity contribution in [2.45, 2.75) is 26.2 Å². The summed E-state index contributed by atoms with van der Waals surface area (Å²) in [7, 11) is 0. The molecule has 0 aliphatic heterocycles. The quantitative estimate of drug-likeness (QED) is 0.751. The fraction of sp³-hybridized carbons (Fsp3) is 0.417. The van der Waals surface area contributed by atoms with E-state index < -0.39 is 0 Å². The topological polar surface area (TPSA) is 17.1 Å². The molecule has 0 radical (unpaired) electrons. The fourth-order valence-electron chi connectivity index (χ4n) is 2.09. The van der Waals surface area contributed by atoms with Crippen LogP contribution in [0.4, 0.5) is 0 Å². The minimum absolute atomic E-state index is 0.237. The van der Waals surface area contributed by atoms with Crippen LogP contribution in [-0.2, 0) is 17.6 Å². The van der Waals surface area contributed by atoms with Crippen molar-refractivity contribution < 1.29 is 4.79 Å². The van der Waals surface area contributed by atoms with Crippen LogP contribution < -0.4 is 0 Å². The molecule has 0 aromatic heterocycles. The lowest BCUT2D eigenvalue weighted by atomic mass is 9.82. The summed E-state index contributed by atoms with van der Waals surface area (Å²) in [4.78, 5) is 11.3. The molecular formula is C12H13BrO. The van der Waals surface area contributed by atoms with Gasteiger partial charge >= 0.3 is 0 Å². The van der Waals surface area contributed by atoms with Gasteiger partial charge < -0.3 is 0 Å². The highest BCUT2D eigenvalue weighted by Gasteiger charge is 2.22. The van der Waals surface area contributed by atoms with Gasteiger partial charge in [0, 0.05) is 10.4 Å². The van der Waals surface area contributed by atoms with Crippen molar-refractivity contribution in [3.63, 3.8) is 0 Å². The summed E-state index contributed by atoms with van der Waals surface area (Å²) >= 11 is 3.55. The molecule has 0 heterocycles. The summed E-state index contributed by atoms with van der Waals surface area (Å²) < 4.78 is 1.15. The minimum atomic E-state index is 0.237. The van der Waals surface area contributed by atoms with Gasteiger partial charge in [-0.25, -0.2) is 0 Å². The average molecular weight is 253 g/mol. The van der Waals surface area contributed by atoms with Crippen LogP contribution in [0.15, 0.2) is 22.7 Å². The van der Waals surface area contributed by atoms with E-state index in [1.807, 2.05) is 0 Å². The fourth-order valence-corrected chi connectivity index (χ4v) is 2.66. The number of aryl methyl sites for hydroxylation is 1. The van der Waals surface area contributed by atoms with E-state index in [0.29, 0.717) is 5.78 Å². The maximum Gasteiger partial charge on any atom is 0.133 e. The Balaban J connectivity index is 2.33. The third-order valence-corrected chi connectivity index (χ3v) is 3.75. The second-order valence-electron chi connectivity index (χ2n) is 3.93. The molecule has 0 saturated carbocycles. The number of halogens is 1. The van der Waals surface area contributed by atoms with E-state index >= 15 is 0 Å². The highest BCUT2D eigenvalue weighted by atomic mass is 79.9. The van der Waals surface area contributed by atoms with Gasteiger partial charge in [-0.2, -0.15) is 0 Å². The third-order valence-electron chi connectivity index (χ3n) is 3.00. The first-order valence-corrected chi connectivity index (χ1v) is 5.74. The number of fused-ring (bicyclic) bond motifs is 1. The molecule has 1 aromatic carbocycles. The maximum absolute atomic E-state index is 11.3. The number of carbonyl (C=O) groups is 1. The summed E-state index contributed by atoms with van der Waals surface area (Å²) in [6.07, 6.45) is 2.96. The number of hydrogen-bond donors (Lipinski definition) is 0. The van der Waals surface area contributed by atoms with Gasteiger partial charge in [0.25, 0.3) is 0 Å². The van der Waals surface area contributed by atoms with Crippen LogP contribution in [0, 0.1) is 5.92 Å². The monoisotopic (exact) mass is 252 g/mol. The second-order valence-corrected chi connectivity index (χ2v) is 4.78. The Labute approximate surface area is 92.6 Å². The molecule has 0 spiro atoms. The third kappa shape index (κ3) is 1.76. The molecule has 1 aromatic rings. The lowest BCUT2D eigenvalue weighted by Crippen LogP contribution is -2.20. The molecule has 0 amide bonds. The molecule has 0 bridgehead atoms. The van der Waals surface area contributed by atoms with Gasteiger partial charge in [-0.3, -0.25) is 4.79 Å². The molecule has 1 aliphatic carbocycles. The van der Waals surface area contributed by atoms with E-state index in [1.54, 1.807) is 6.92 Å². The van der Waals surface area contributed by atoms with Crippen molar-refractivity contribution in [3.05, 3.63) is 33.8 Å². The lowest BCUT2D eigenvalue weighted by Gasteiger charge is -2.23. The van der Waals surface area contributed by atoms with Crippen LogP contribution >= 0.6 is 15.9 Å². The number of hydrogen-bond acceptors (Lipinski definition) is 1. The van der Waals surface area contributed by atoms with E-state index in [-0.39, 0.29) is 5.92 Å². The zero-order valence-corrected chi connectivity index (χ0v) is 9.80. The van der Waals surface area contributed by atoms with Crippen LogP contribution in [-0.4, -0.2) is 5.78 Å². The van der Waals surface area contributed by atoms with Crippen molar-refractivity contribution in [1.82, 2.24) is 0 Å². The smallest absolute Gasteiger partial charge is 0.133 e. The van der Waals surface area contributed by atoms with Crippen LogP contribution in [0.5, 0.6) is 0 Å². The Morgan fingerprint density at radius 1 is 1.50 bits per heavy atom. The first kappa shape index (κ1) is 9.91. The van der Waals surface area contributed by atoms with E-state index in [2.05, 4.69) is 34.1 Å². The molecule has 14 heavy (non-hydrogen) atoms. The van der Waals surface area contributed by atoms with Crippen molar-refractivity contribution >= 4 is 21.7 Å². The first-order valence-electron chi connectivity index (χ1n) is 4.95.